The number of nitrogens with zero attached hydrogens (tertiary/aromatic N) is 2. The summed E-state index contributed by atoms with van der Waals surface area (Å²) in [4.78, 5) is 0. The van der Waals surface area contributed by atoms with Crippen molar-refractivity contribution in [2.75, 3.05) is 14.2 Å². The summed E-state index contributed by atoms with van der Waals surface area (Å²) in [5, 5.41) is 5.07. The third-order valence-electron chi connectivity index (χ3n) is 5.34. The molecule has 0 saturated carbocycles. The monoisotopic (exact) mass is 398 g/mol. The van der Waals surface area contributed by atoms with Crippen LogP contribution in [0.5, 0.6) is 11.5 Å². The van der Waals surface area contributed by atoms with E-state index < -0.39 is 0 Å². The largest absolute Gasteiger partial charge is 0.497 e. The predicted molar refractivity (Wildman–Crippen MR) is 122 cm³/mol. The van der Waals surface area contributed by atoms with Crippen LogP contribution in [-0.4, -0.2) is 24.0 Å². The number of hydrogen-bond acceptors (Lipinski definition) is 3. The molecule has 0 fully saturated rings. The first kappa shape index (κ1) is 19.8. The smallest absolute Gasteiger partial charge is 0.118 e. The molecular formula is C26H26N2O2. The quantitative estimate of drug-likeness (QED) is 0.394. The van der Waals surface area contributed by atoms with E-state index in [1.165, 1.54) is 11.1 Å². The molecule has 0 N–H and O–H groups in total. The van der Waals surface area contributed by atoms with Gasteiger partial charge in [-0.2, -0.15) is 5.10 Å². The molecule has 0 aliphatic heterocycles. The SMILES string of the molecule is CCc1c(-c2ccc(OC)cc2)nn(-c2ccc(C)cc2)c1-c1ccc(OC)cc1. The minimum absolute atomic E-state index is 0.838. The average molecular weight is 399 g/mol. The maximum Gasteiger partial charge on any atom is 0.118 e. The normalized spacial score (nSPS) is 10.8. The van der Waals surface area contributed by atoms with E-state index in [1.807, 2.05) is 24.3 Å². The van der Waals surface area contributed by atoms with Crippen molar-refractivity contribution in [2.24, 2.45) is 0 Å². The minimum Gasteiger partial charge on any atom is -0.497 e. The van der Waals surface area contributed by atoms with E-state index in [2.05, 4.69) is 67.1 Å². The van der Waals surface area contributed by atoms with Gasteiger partial charge in [0, 0.05) is 16.7 Å². The summed E-state index contributed by atoms with van der Waals surface area (Å²) in [5.74, 6) is 1.68. The van der Waals surface area contributed by atoms with Crippen LogP contribution in [0.15, 0.2) is 72.8 Å². The van der Waals surface area contributed by atoms with Gasteiger partial charge in [0.05, 0.1) is 31.3 Å². The van der Waals surface area contributed by atoms with Crippen LogP contribution in [0.2, 0.25) is 0 Å². The zero-order chi connectivity index (χ0) is 21.1. The fraction of sp³-hybridized carbons (Fsp3) is 0.192. The molecule has 4 nitrogen and oxygen atoms in total. The Morgan fingerprint density at radius 3 is 1.77 bits per heavy atom. The summed E-state index contributed by atoms with van der Waals surface area (Å²) in [6.07, 6.45) is 0.870. The first-order chi connectivity index (χ1) is 14.6. The van der Waals surface area contributed by atoms with Crippen molar-refractivity contribution >= 4 is 0 Å². The Labute approximate surface area is 177 Å². The van der Waals surface area contributed by atoms with Gasteiger partial charge in [-0.15, -0.1) is 0 Å². The van der Waals surface area contributed by atoms with Crippen LogP contribution in [0.4, 0.5) is 0 Å². The number of aromatic nitrogens is 2. The lowest BCUT2D eigenvalue weighted by molar-refractivity contribution is 0.414. The number of methoxy groups -OCH3 is 2. The van der Waals surface area contributed by atoms with Crippen molar-refractivity contribution in [3.63, 3.8) is 0 Å². The maximum atomic E-state index is 5.35. The van der Waals surface area contributed by atoms with Gasteiger partial charge in [-0.3, -0.25) is 0 Å². The molecule has 0 aliphatic carbocycles. The van der Waals surface area contributed by atoms with E-state index in [9.17, 15) is 0 Å². The lowest BCUT2D eigenvalue weighted by Crippen LogP contribution is -2.00. The third-order valence-corrected chi connectivity index (χ3v) is 5.34. The second kappa shape index (κ2) is 8.46. The molecular weight excluding hydrogens is 372 g/mol. The molecule has 4 heteroatoms. The number of rotatable bonds is 6. The fourth-order valence-electron chi connectivity index (χ4n) is 3.68. The topological polar surface area (TPSA) is 36.3 Å². The van der Waals surface area contributed by atoms with Crippen molar-refractivity contribution in [1.82, 2.24) is 9.78 Å². The van der Waals surface area contributed by atoms with Gasteiger partial charge in [0.2, 0.25) is 0 Å². The highest BCUT2D eigenvalue weighted by Gasteiger charge is 2.20. The van der Waals surface area contributed by atoms with Crippen LogP contribution in [0, 0.1) is 6.92 Å². The predicted octanol–water partition coefficient (Wildman–Crippen LogP) is 6.09. The van der Waals surface area contributed by atoms with Crippen LogP contribution in [0.3, 0.4) is 0 Å². The van der Waals surface area contributed by atoms with Crippen molar-refractivity contribution in [2.45, 2.75) is 20.3 Å². The molecule has 0 bridgehead atoms. The lowest BCUT2D eigenvalue weighted by atomic mass is 9.99. The number of aryl methyl sites for hydroxylation is 1. The number of hydrogen-bond donors (Lipinski definition) is 0. The van der Waals surface area contributed by atoms with E-state index >= 15 is 0 Å². The Balaban J connectivity index is 1.94. The van der Waals surface area contributed by atoms with E-state index in [-0.39, 0.29) is 0 Å². The molecule has 4 aromatic rings. The van der Waals surface area contributed by atoms with E-state index in [1.54, 1.807) is 14.2 Å². The van der Waals surface area contributed by atoms with Crippen LogP contribution in [0.1, 0.15) is 18.1 Å². The van der Waals surface area contributed by atoms with Crippen molar-refractivity contribution in [1.29, 1.82) is 0 Å². The summed E-state index contributed by atoms with van der Waals surface area (Å²) in [5.41, 5.74) is 7.77. The molecule has 0 unspecified atom stereocenters. The van der Waals surface area contributed by atoms with E-state index in [0.29, 0.717) is 0 Å². The Bertz CT molecular complexity index is 1130. The minimum atomic E-state index is 0.838. The van der Waals surface area contributed by atoms with Crippen LogP contribution < -0.4 is 9.47 Å². The van der Waals surface area contributed by atoms with Crippen LogP contribution in [0.25, 0.3) is 28.2 Å². The second-order valence-electron chi connectivity index (χ2n) is 7.23. The second-order valence-corrected chi connectivity index (χ2v) is 7.23. The molecule has 0 spiro atoms. The van der Waals surface area contributed by atoms with Gasteiger partial charge >= 0.3 is 0 Å². The van der Waals surface area contributed by atoms with Gasteiger partial charge in [-0.25, -0.2) is 4.68 Å². The standard InChI is InChI=1S/C26H26N2O2/c1-5-24-25(19-8-14-22(29-3)15-9-19)27-28(21-12-6-18(2)7-13-21)26(24)20-10-16-23(30-4)17-11-20/h6-17H,5H2,1-4H3. The molecule has 152 valence electrons. The Kier molecular flexibility index (Phi) is 5.57. The summed E-state index contributed by atoms with van der Waals surface area (Å²) in [7, 11) is 3.37. The van der Waals surface area contributed by atoms with E-state index in [4.69, 9.17) is 14.6 Å². The van der Waals surface area contributed by atoms with Gasteiger partial charge in [0.25, 0.3) is 0 Å². The maximum absolute atomic E-state index is 5.35. The van der Waals surface area contributed by atoms with Crippen molar-refractivity contribution in [3.8, 4) is 39.7 Å². The first-order valence-corrected chi connectivity index (χ1v) is 10.1. The molecule has 1 aromatic heterocycles. The molecule has 0 aliphatic rings. The summed E-state index contributed by atoms with van der Waals surface area (Å²) >= 11 is 0. The van der Waals surface area contributed by atoms with Crippen molar-refractivity contribution < 1.29 is 9.47 Å². The molecule has 0 amide bonds. The third kappa shape index (κ3) is 3.69. The number of ether oxygens (including phenoxy) is 2. The van der Waals surface area contributed by atoms with Gasteiger partial charge in [0.1, 0.15) is 11.5 Å². The molecule has 30 heavy (non-hydrogen) atoms. The summed E-state index contributed by atoms with van der Waals surface area (Å²) in [6.45, 7) is 4.27. The van der Waals surface area contributed by atoms with Gasteiger partial charge < -0.3 is 9.47 Å². The highest BCUT2D eigenvalue weighted by Crippen LogP contribution is 2.36. The Morgan fingerprint density at radius 2 is 1.27 bits per heavy atom. The Morgan fingerprint density at radius 1 is 0.733 bits per heavy atom. The van der Waals surface area contributed by atoms with Crippen LogP contribution >= 0.6 is 0 Å². The highest BCUT2D eigenvalue weighted by molar-refractivity contribution is 5.76. The molecule has 0 radical (unpaired) electrons. The molecule has 1 heterocycles. The first-order valence-electron chi connectivity index (χ1n) is 10.1. The Hall–Kier alpha value is -3.53. The zero-order valence-electron chi connectivity index (χ0n) is 17.8. The van der Waals surface area contributed by atoms with Gasteiger partial charge in [-0.1, -0.05) is 24.6 Å². The van der Waals surface area contributed by atoms with E-state index in [0.717, 1.165) is 46.1 Å². The zero-order valence-corrected chi connectivity index (χ0v) is 17.8. The van der Waals surface area contributed by atoms with Crippen molar-refractivity contribution in [3.05, 3.63) is 83.9 Å². The summed E-state index contributed by atoms with van der Waals surface area (Å²) < 4.78 is 12.7. The summed E-state index contributed by atoms with van der Waals surface area (Å²) in [6, 6.07) is 24.7. The fourth-order valence-corrected chi connectivity index (χ4v) is 3.68. The molecule has 0 saturated heterocycles. The lowest BCUT2D eigenvalue weighted by Gasteiger charge is -2.11. The highest BCUT2D eigenvalue weighted by atomic mass is 16.5. The molecule has 3 aromatic carbocycles. The van der Waals surface area contributed by atoms with Gasteiger partial charge in [0.15, 0.2) is 0 Å². The average Bonchev–Trinajstić information content (AvgIpc) is 3.19. The molecule has 0 atom stereocenters. The van der Waals surface area contributed by atoms with Crippen LogP contribution in [-0.2, 0) is 6.42 Å². The van der Waals surface area contributed by atoms with Gasteiger partial charge in [-0.05, 0) is 74.0 Å². The number of benzene rings is 3. The molecule has 4 rings (SSSR count).